The molecule has 4 nitrogen and oxygen atoms in total. The van der Waals surface area contributed by atoms with Crippen LogP contribution in [0.4, 0.5) is 0 Å². The van der Waals surface area contributed by atoms with Crippen LogP contribution in [0.3, 0.4) is 0 Å². The van der Waals surface area contributed by atoms with Gasteiger partial charge >= 0.3 is 0 Å². The number of aromatic nitrogens is 2. The first kappa shape index (κ1) is 12.0. The Morgan fingerprint density at radius 2 is 2.38 bits per heavy atom. The quantitative estimate of drug-likeness (QED) is 0.871. The third-order valence-corrected chi connectivity index (χ3v) is 4.64. The molecule has 2 atom stereocenters. The molecule has 1 fully saturated rings. The van der Waals surface area contributed by atoms with Crippen LogP contribution in [0.2, 0.25) is 0 Å². The van der Waals surface area contributed by atoms with E-state index in [4.69, 9.17) is 0 Å². The highest BCUT2D eigenvalue weighted by Gasteiger charge is 2.23. The Kier molecular flexibility index (Phi) is 4.29. The second kappa shape index (κ2) is 5.72. The molecule has 1 amide bonds. The predicted octanol–water partition coefficient (Wildman–Crippen LogP) is 2.22. The summed E-state index contributed by atoms with van der Waals surface area (Å²) >= 11 is 4.88. The summed E-state index contributed by atoms with van der Waals surface area (Å²) in [6.45, 7) is 0.728. The molecule has 2 rings (SSSR count). The highest BCUT2D eigenvalue weighted by molar-refractivity contribution is 9.09. The van der Waals surface area contributed by atoms with Gasteiger partial charge < -0.3 is 5.32 Å². The lowest BCUT2D eigenvalue weighted by Gasteiger charge is -2.27. The smallest absolute Gasteiger partial charge is 0.272 e. The summed E-state index contributed by atoms with van der Waals surface area (Å²) < 4.78 is 3.67. The number of nitrogens with one attached hydrogen (secondary N) is 1. The predicted molar refractivity (Wildman–Crippen MR) is 66.9 cm³/mol. The summed E-state index contributed by atoms with van der Waals surface area (Å²) in [5, 5.41) is 8.33. The number of nitrogens with zero attached hydrogens (tertiary/aromatic N) is 2. The van der Waals surface area contributed by atoms with E-state index in [0.29, 0.717) is 16.4 Å². The molecule has 16 heavy (non-hydrogen) atoms. The number of amides is 1. The van der Waals surface area contributed by atoms with Crippen LogP contribution in [0.5, 0.6) is 0 Å². The first-order valence-corrected chi connectivity index (χ1v) is 7.22. The molecular formula is C10H14BrN3OS. The third kappa shape index (κ3) is 3.01. The number of rotatable bonds is 3. The summed E-state index contributed by atoms with van der Waals surface area (Å²) in [6, 6.07) is 0. The lowest BCUT2D eigenvalue weighted by atomic mass is 9.89. The normalized spacial score (nSPS) is 25.3. The van der Waals surface area contributed by atoms with Gasteiger partial charge in [0.1, 0.15) is 0 Å². The van der Waals surface area contributed by atoms with Crippen LogP contribution in [-0.2, 0) is 0 Å². The van der Waals surface area contributed by atoms with Gasteiger partial charge in [0.05, 0.1) is 0 Å². The fourth-order valence-electron chi connectivity index (χ4n) is 1.97. The van der Waals surface area contributed by atoms with E-state index >= 15 is 0 Å². The van der Waals surface area contributed by atoms with Crippen molar-refractivity contribution < 1.29 is 4.79 Å². The fourth-order valence-corrected chi connectivity index (χ4v) is 3.18. The topological polar surface area (TPSA) is 54.9 Å². The van der Waals surface area contributed by atoms with Gasteiger partial charge in [-0.3, -0.25) is 4.79 Å². The van der Waals surface area contributed by atoms with E-state index in [1.807, 2.05) is 0 Å². The Balaban J connectivity index is 1.80. The minimum Gasteiger partial charge on any atom is -0.350 e. The van der Waals surface area contributed by atoms with Crippen LogP contribution in [0.1, 0.15) is 36.2 Å². The molecule has 1 aliphatic carbocycles. The molecule has 88 valence electrons. The molecule has 0 radical (unpaired) electrons. The molecule has 1 heterocycles. The van der Waals surface area contributed by atoms with E-state index in [1.54, 1.807) is 5.38 Å². The second-order valence-electron chi connectivity index (χ2n) is 4.06. The van der Waals surface area contributed by atoms with Crippen LogP contribution in [0.25, 0.3) is 0 Å². The molecule has 1 aromatic heterocycles. The van der Waals surface area contributed by atoms with Crippen molar-refractivity contribution in [2.75, 3.05) is 6.54 Å². The van der Waals surface area contributed by atoms with Gasteiger partial charge in [-0.1, -0.05) is 33.3 Å². The minimum absolute atomic E-state index is 0.112. The van der Waals surface area contributed by atoms with Crippen molar-refractivity contribution in [1.29, 1.82) is 0 Å². The maximum absolute atomic E-state index is 11.6. The Hall–Kier alpha value is -0.490. The van der Waals surface area contributed by atoms with Crippen molar-refractivity contribution in [1.82, 2.24) is 14.9 Å². The Morgan fingerprint density at radius 1 is 1.56 bits per heavy atom. The van der Waals surface area contributed by atoms with Gasteiger partial charge in [-0.05, 0) is 30.3 Å². The largest absolute Gasteiger partial charge is 0.350 e. The molecule has 1 aromatic rings. The van der Waals surface area contributed by atoms with Gasteiger partial charge in [-0.25, -0.2) is 0 Å². The monoisotopic (exact) mass is 303 g/mol. The van der Waals surface area contributed by atoms with Crippen LogP contribution >= 0.6 is 27.5 Å². The zero-order valence-electron chi connectivity index (χ0n) is 8.86. The molecule has 0 aromatic carbocycles. The molecule has 2 unspecified atom stereocenters. The van der Waals surface area contributed by atoms with E-state index < -0.39 is 0 Å². The van der Waals surface area contributed by atoms with Crippen molar-refractivity contribution in [2.24, 2.45) is 5.92 Å². The first-order valence-electron chi connectivity index (χ1n) is 5.46. The van der Waals surface area contributed by atoms with Gasteiger partial charge in [-0.15, -0.1) is 5.10 Å². The van der Waals surface area contributed by atoms with Crippen molar-refractivity contribution in [3.63, 3.8) is 0 Å². The summed E-state index contributed by atoms with van der Waals surface area (Å²) in [4.78, 5) is 12.2. The van der Waals surface area contributed by atoms with Gasteiger partial charge in [0, 0.05) is 16.8 Å². The molecule has 6 heteroatoms. The standard InChI is InChI=1S/C10H14BrN3OS/c11-8-4-2-1-3-7(8)5-12-10(15)9-6-16-14-13-9/h6-8H,1-5H2,(H,12,15). The average molecular weight is 304 g/mol. The van der Waals surface area contributed by atoms with Crippen molar-refractivity contribution in [3.05, 3.63) is 11.1 Å². The molecule has 0 aliphatic heterocycles. The Morgan fingerprint density at radius 3 is 3.06 bits per heavy atom. The lowest BCUT2D eigenvalue weighted by Crippen LogP contribution is -2.34. The SMILES string of the molecule is O=C(NCC1CCCCC1Br)c1csnn1. The van der Waals surface area contributed by atoms with Crippen LogP contribution in [-0.4, -0.2) is 26.9 Å². The minimum atomic E-state index is -0.112. The molecule has 0 spiro atoms. The van der Waals surface area contributed by atoms with Crippen LogP contribution in [0, 0.1) is 5.92 Å². The van der Waals surface area contributed by atoms with Crippen LogP contribution < -0.4 is 5.32 Å². The number of carbonyl (C=O) groups excluding carboxylic acids is 1. The van der Waals surface area contributed by atoms with Crippen molar-refractivity contribution >= 4 is 33.4 Å². The summed E-state index contributed by atoms with van der Waals surface area (Å²) in [6.07, 6.45) is 4.95. The van der Waals surface area contributed by atoms with Crippen molar-refractivity contribution in [2.45, 2.75) is 30.5 Å². The maximum Gasteiger partial charge on any atom is 0.272 e. The molecule has 0 bridgehead atoms. The number of hydrogen-bond donors (Lipinski definition) is 1. The lowest BCUT2D eigenvalue weighted by molar-refractivity contribution is 0.0939. The van der Waals surface area contributed by atoms with E-state index in [-0.39, 0.29) is 5.91 Å². The van der Waals surface area contributed by atoms with E-state index in [9.17, 15) is 4.79 Å². The van der Waals surface area contributed by atoms with E-state index in [0.717, 1.165) is 6.54 Å². The molecule has 1 N–H and O–H groups in total. The summed E-state index contributed by atoms with van der Waals surface area (Å²) in [7, 11) is 0. The highest BCUT2D eigenvalue weighted by Crippen LogP contribution is 2.29. The van der Waals surface area contributed by atoms with Gasteiger partial charge in [-0.2, -0.15) is 0 Å². The van der Waals surface area contributed by atoms with E-state index in [1.165, 1.54) is 37.2 Å². The van der Waals surface area contributed by atoms with Gasteiger partial charge in [0.25, 0.3) is 5.91 Å². The summed E-state index contributed by atoms with van der Waals surface area (Å²) in [5.41, 5.74) is 0.423. The number of hydrogen-bond acceptors (Lipinski definition) is 4. The van der Waals surface area contributed by atoms with Gasteiger partial charge in [0.15, 0.2) is 5.69 Å². The summed E-state index contributed by atoms with van der Waals surface area (Å²) in [5.74, 6) is 0.434. The Labute approximate surface area is 107 Å². The first-order chi connectivity index (χ1) is 7.77. The number of carbonyl (C=O) groups is 1. The zero-order chi connectivity index (χ0) is 11.4. The second-order valence-corrected chi connectivity index (χ2v) is 5.85. The Bertz CT molecular complexity index is 344. The zero-order valence-corrected chi connectivity index (χ0v) is 11.3. The number of halogens is 1. The third-order valence-electron chi connectivity index (χ3n) is 2.93. The fraction of sp³-hybridized carbons (Fsp3) is 0.700. The van der Waals surface area contributed by atoms with Crippen LogP contribution in [0.15, 0.2) is 5.38 Å². The molecule has 1 aliphatic rings. The number of alkyl halides is 1. The molecule has 1 saturated carbocycles. The van der Waals surface area contributed by atoms with Crippen molar-refractivity contribution in [3.8, 4) is 0 Å². The molecular weight excluding hydrogens is 290 g/mol. The molecule has 0 saturated heterocycles. The van der Waals surface area contributed by atoms with E-state index in [2.05, 4.69) is 30.8 Å². The maximum atomic E-state index is 11.6. The average Bonchev–Trinajstić information content (AvgIpc) is 2.81. The van der Waals surface area contributed by atoms with Gasteiger partial charge in [0.2, 0.25) is 0 Å². The highest BCUT2D eigenvalue weighted by atomic mass is 79.9.